The van der Waals surface area contributed by atoms with E-state index in [0.717, 1.165) is 39.1 Å². The number of thiophene rings is 1. The fraction of sp³-hybridized carbons (Fsp3) is 0.600. The van der Waals surface area contributed by atoms with Crippen molar-refractivity contribution < 1.29 is 9.59 Å². The van der Waals surface area contributed by atoms with E-state index in [-0.39, 0.29) is 18.4 Å². The van der Waals surface area contributed by atoms with Gasteiger partial charge in [-0.15, -0.1) is 11.3 Å². The Labute approximate surface area is 135 Å². The van der Waals surface area contributed by atoms with Gasteiger partial charge in [0.2, 0.25) is 5.91 Å². The normalized spacial score (nSPS) is 15.5. The molecule has 0 aliphatic carbocycles. The molecule has 1 fully saturated rings. The summed E-state index contributed by atoms with van der Waals surface area (Å²) in [4.78, 5) is 28.4. The van der Waals surface area contributed by atoms with Crippen LogP contribution in [0.15, 0.2) is 17.5 Å². The molecule has 22 heavy (non-hydrogen) atoms. The van der Waals surface area contributed by atoms with Gasteiger partial charge in [0.15, 0.2) is 0 Å². The van der Waals surface area contributed by atoms with Crippen molar-refractivity contribution >= 4 is 23.2 Å². The Kier molecular flexibility index (Phi) is 6.82. The molecule has 2 rings (SSSR count). The van der Waals surface area contributed by atoms with Crippen LogP contribution in [0.1, 0.15) is 16.1 Å². The molecule has 2 heterocycles. The minimum atomic E-state index is -0.106. The van der Waals surface area contributed by atoms with Crippen LogP contribution < -0.4 is 10.6 Å². The summed E-state index contributed by atoms with van der Waals surface area (Å²) in [6, 6.07) is 3.61. The lowest BCUT2D eigenvalue weighted by Crippen LogP contribution is -2.44. The minimum absolute atomic E-state index is 0.102. The molecule has 2 amide bonds. The SMILES string of the molecule is CN(CC(=O)NCCCN1CCNCC1)C(=O)c1cccs1. The number of nitrogens with zero attached hydrogens (tertiary/aromatic N) is 2. The van der Waals surface area contributed by atoms with E-state index < -0.39 is 0 Å². The molecule has 122 valence electrons. The maximum Gasteiger partial charge on any atom is 0.264 e. The molecule has 1 aromatic heterocycles. The topological polar surface area (TPSA) is 64.7 Å². The number of piperazine rings is 1. The molecule has 0 unspecified atom stereocenters. The zero-order chi connectivity index (χ0) is 15.8. The number of nitrogens with one attached hydrogen (secondary N) is 2. The molecule has 2 N–H and O–H groups in total. The quantitative estimate of drug-likeness (QED) is 0.705. The molecule has 1 aromatic rings. The van der Waals surface area contributed by atoms with E-state index in [4.69, 9.17) is 0 Å². The molecule has 0 saturated carbocycles. The van der Waals surface area contributed by atoms with Crippen LogP contribution in [0.3, 0.4) is 0 Å². The molecule has 0 atom stereocenters. The predicted molar refractivity (Wildman–Crippen MR) is 88.2 cm³/mol. The van der Waals surface area contributed by atoms with Gasteiger partial charge in [0.25, 0.3) is 5.91 Å². The van der Waals surface area contributed by atoms with Gasteiger partial charge in [0, 0.05) is 39.8 Å². The first-order chi connectivity index (χ1) is 10.7. The van der Waals surface area contributed by atoms with Gasteiger partial charge in [0.1, 0.15) is 0 Å². The van der Waals surface area contributed by atoms with Crippen molar-refractivity contribution in [1.29, 1.82) is 0 Å². The first-order valence-electron chi connectivity index (χ1n) is 7.65. The summed E-state index contributed by atoms with van der Waals surface area (Å²) in [5, 5.41) is 8.06. The van der Waals surface area contributed by atoms with Gasteiger partial charge < -0.3 is 20.4 Å². The largest absolute Gasteiger partial charge is 0.355 e. The van der Waals surface area contributed by atoms with E-state index in [1.54, 1.807) is 13.1 Å². The van der Waals surface area contributed by atoms with Crippen molar-refractivity contribution in [3.8, 4) is 0 Å². The second-order valence-electron chi connectivity index (χ2n) is 5.43. The molecule has 0 radical (unpaired) electrons. The van der Waals surface area contributed by atoms with Gasteiger partial charge >= 0.3 is 0 Å². The Hall–Kier alpha value is -1.44. The highest BCUT2D eigenvalue weighted by Gasteiger charge is 2.15. The van der Waals surface area contributed by atoms with E-state index >= 15 is 0 Å². The Morgan fingerprint density at radius 2 is 2.18 bits per heavy atom. The Bertz CT molecular complexity index is 472. The average Bonchev–Trinajstić information content (AvgIpc) is 3.06. The summed E-state index contributed by atoms with van der Waals surface area (Å²) in [6.45, 7) is 6.00. The number of carbonyl (C=O) groups excluding carboxylic acids is 2. The Morgan fingerprint density at radius 1 is 1.41 bits per heavy atom. The fourth-order valence-electron chi connectivity index (χ4n) is 2.40. The van der Waals surface area contributed by atoms with Crippen molar-refractivity contribution in [3.63, 3.8) is 0 Å². The maximum absolute atomic E-state index is 12.0. The zero-order valence-corrected chi connectivity index (χ0v) is 13.8. The van der Waals surface area contributed by atoms with Gasteiger partial charge in [0.05, 0.1) is 11.4 Å². The molecule has 0 aromatic carbocycles. The van der Waals surface area contributed by atoms with E-state index in [0.29, 0.717) is 11.4 Å². The molecule has 7 heteroatoms. The molecular weight excluding hydrogens is 300 g/mol. The van der Waals surface area contributed by atoms with E-state index in [1.807, 2.05) is 11.4 Å². The van der Waals surface area contributed by atoms with Crippen LogP contribution in [0.4, 0.5) is 0 Å². The van der Waals surface area contributed by atoms with Crippen LogP contribution in [-0.2, 0) is 4.79 Å². The summed E-state index contributed by atoms with van der Waals surface area (Å²) >= 11 is 1.39. The van der Waals surface area contributed by atoms with Gasteiger partial charge in [-0.3, -0.25) is 9.59 Å². The summed E-state index contributed by atoms with van der Waals surface area (Å²) < 4.78 is 0. The number of hydrogen-bond acceptors (Lipinski definition) is 5. The monoisotopic (exact) mass is 324 g/mol. The predicted octanol–water partition coefficient (Wildman–Crippen LogP) is 0.232. The van der Waals surface area contributed by atoms with E-state index in [1.165, 1.54) is 16.2 Å². The number of rotatable bonds is 7. The van der Waals surface area contributed by atoms with Crippen LogP contribution in [-0.4, -0.2) is 74.5 Å². The third-order valence-corrected chi connectivity index (χ3v) is 4.50. The van der Waals surface area contributed by atoms with Gasteiger partial charge in [-0.1, -0.05) is 6.07 Å². The van der Waals surface area contributed by atoms with Crippen LogP contribution in [0, 0.1) is 0 Å². The van der Waals surface area contributed by atoms with Crippen LogP contribution in [0.2, 0.25) is 0 Å². The van der Waals surface area contributed by atoms with Crippen LogP contribution in [0.25, 0.3) is 0 Å². The fourth-order valence-corrected chi connectivity index (χ4v) is 3.11. The van der Waals surface area contributed by atoms with Crippen LogP contribution in [0.5, 0.6) is 0 Å². The molecule has 1 saturated heterocycles. The highest BCUT2D eigenvalue weighted by molar-refractivity contribution is 7.12. The second-order valence-corrected chi connectivity index (χ2v) is 6.38. The smallest absolute Gasteiger partial charge is 0.264 e. The number of carbonyl (C=O) groups is 2. The molecule has 1 aliphatic rings. The highest BCUT2D eigenvalue weighted by atomic mass is 32.1. The summed E-state index contributed by atoms with van der Waals surface area (Å²) in [5.41, 5.74) is 0. The molecule has 1 aliphatic heterocycles. The highest BCUT2D eigenvalue weighted by Crippen LogP contribution is 2.10. The van der Waals surface area contributed by atoms with Crippen LogP contribution >= 0.6 is 11.3 Å². The first-order valence-corrected chi connectivity index (χ1v) is 8.53. The van der Waals surface area contributed by atoms with Gasteiger partial charge in [-0.05, 0) is 24.4 Å². The lowest BCUT2D eigenvalue weighted by atomic mass is 10.3. The first kappa shape index (κ1) is 16.9. The van der Waals surface area contributed by atoms with Crippen molar-refractivity contribution in [2.24, 2.45) is 0 Å². The van der Waals surface area contributed by atoms with Gasteiger partial charge in [-0.2, -0.15) is 0 Å². The Balaban J connectivity index is 1.60. The summed E-state index contributed by atoms with van der Waals surface area (Å²) in [7, 11) is 1.66. The third kappa shape index (κ3) is 5.40. The lowest BCUT2D eigenvalue weighted by Gasteiger charge is -2.27. The lowest BCUT2D eigenvalue weighted by molar-refractivity contribution is -0.121. The second kappa shape index (κ2) is 8.87. The van der Waals surface area contributed by atoms with E-state index in [9.17, 15) is 9.59 Å². The van der Waals surface area contributed by atoms with Crippen molar-refractivity contribution in [3.05, 3.63) is 22.4 Å². The Morgan fingerprint density at radius 3 is 2.86 bits per heavy atom. The third-order valence-electron chi connectivity index (χ3n) is 3.64. The van der Waals surface area contributed by atoms with Gasteiger partial charge in [-0.25, -0.2) is 0 Å². The summed E-state index contributed by atoms with van der Waals surface area (Å²) in [5.74, 6) is -0.210. The number of hydrogen-bond donors (Lipinski definition) is 2. The summed E-state index contributed by atoms with van der Waals surface area (Å²) in [6.07, 6.45) is 0.939. The molecule has 0 spiro atoms. The average molecular weight is 324 g/mol. The zero-order valence-electron chi connectivity index (χ0n) is 13.0. The molecular formula is C15H24N4O2S. The van der Waals surface area contributed by atoms with E-state index in [2.05, 4.69) is 15.5 Å². The number of likely N-dealkylation sites (N-methyl/N-ethyl adjacent to an activating group) is 1. The standard InChI is InChI=1S/C15H24N4O2S/c1-18(15(21)13-4-2-11-22-13)12-14(20)17-5-3-8-19-9-6-16-7-10-19/h2,4,11,16H,3,5-10,12H2,1H3,(H,17,20). The van der Waals surface area contributed by atoms with Crippen molar-refractivity contribution in [2.75, 3.05) is 52.9 Å². The van der Waals surface area contributed by atoms with Crippen molar-refractivity contribution in [1.82, 2.24) is 20.4 Å². The minimum Gasteiger partial charge on any atom is -0.355 e. The van der Waals surface area contributed by atoms with Crippen molar-refractivity contribution in [2.45, 2.75) is 6.42 Å². The molecule has 0 bridgehead atoms. The maximum atomic E-state index is 12.0. The molecule has 6 nitrogen and oxygen atoms in total. The number of amides is 2.